The molecule has 0 spiro atoms. The summed E-state index contributed by atoms with van der Waals surface area (Å²) in [5, 5.41) is 18.3. The van der Waals surface area contributed by atoms with Gasteiger partial charge in [-0.2, -0.15) is 0 Å². The number of hydrogen-bond donors (Lipinski definition) is 2. The number of aryl methyl sites for hydroxylation is 5. The summed E-state index contributed by atoms with van der Waals surface area (Å²) < 4.78 is 54.5. The Morgan fingerprint density at radius 3 is 1.51 bits per heavy atom. The molecule has 0 amide bonds. The molecule has 2 heterocycles. The Morgan fingerprint density at radius 1 is 0.618 bits per heavy atom. The SMILES string of the molecule is Cc1cc(Br)c(CCO)cc1C.Cc1cc(CCO)c(-c2cnc(S(=O)(=O)c3ccccc3)n2C)cc1C.Cc1cnc(S(=O)(=O)c2ccccc2)n1C.F.[2HH]. The molecule has 0 aliphatic carbocycles. The second kappa shape index (κ2) is 19.4. The molecule has 0 radical (unpaired) electrons. The molecular formula is C41H50BrFN4O6S2. The van der Waals surface area contributed by atoms with E-state index in [1.54, 1.807) is 96.3 Å². The number of aliphatic hydroxyl groups excluding tert-OH is 2. The first-order valence-electron chi connectivity index (χ1n) is 17.2. The maximum absolute atomic E-state index is 12.9. The normalized spacial score (nSPS) is 11.2. The minimum atomic E-state index is -3.70. The van der Waals surface area contributed by atoms with E-state index in [4.69, 9.17) is 5.11 Å². The van der Waals surface area contributed by atoms with E-state index in [-0.39, 0.29) is 39.4 Å². The number of nitrogens with zero attached hydrogens (tertiary/aromatic N) is 4. The van der Waals surface area contributed by atoms with E-state index in [1.165, 1.54) is 16.7 Å². The molecule has 0 saturated carbocycles. The van der Waals surface area contributed by atoms with Crippen LogP contribution in [0.1, 0.15) is 40.5 Å². The molecule has 0 aliphatic rings. The van der Waals surface area contributed by atoms with Crippen LogP contribution in [0.2, 0.25) is 0 Å². The van der Waals surface area contributed by atoms with Crippen molar-refractivity contribution in [1.29, 1.82) is 0 Å². The molecule has 6 aromatic rings. The maximum Gasteiger partial charge on any atom is 0.240 e. The Kier molecular flexibility index (Phi) is 15.9. The lowest BCUT2D eigenvalue weighted by Crippen LogP contribution is -2.10. The van der Waals surface area contributed by atoms with Gasteiger partial charge >= 0.3 is 0 Å². The third-order valence-corrected chi connectivity index (χ3v) is 13.4. The summed E-state index contributed by atoms with van der Waals surface area (Å²) in [6.07, 6.45) is 4.36. The Bertz CT molecular complexity index is 2440. The van der Waals surface area contributed by atoms with Gasteiger partial charge < -0.3 is 19.3 Å². The van der Waals surface area contributed by atoms with Crippen LogP contribution in [0.15, 0.2) is 122 Å². The molecule has 4 aromatic carbocycles. The Hall–Kier alpha value is -4.47. The molecule has 0 unspecified atom stereocenters. The monoisotopic (exact) mass is 857 g/mol. The summed E-state index contributed by atoms with van der Waals surface area (Å²) in [7, 11) is -3.80. The van der Waals surface area contributed by atoms with Gasteiger partial charge in [0.2, 0.25) is 30.0 Å². The molecule has 2 aromatic heterocycles. The summed E-state index contributed by atoms with van der Waals surface area (Å²) in [5.41, 5.74) is 9.38. The first kappa shape index (κ1) is 44.9. The third-order valence-electron chi connectivity index (χ3n) is 9.13. The summed E-state index contributed by atoms with van der Waals surface area (Å²) in [6.45, 7) is 10.3. The van der Waals surface area contributed by atoms with Crippen molar-refractivity contribution < 1.29 is 33.2 Å². The highest BCUT2D eigenvalue weighted by Crippen LogP contribution is 2.30. The van der Waals surface area contributed by atoms with Gasteiger partial charge in [-0.3, -0.25) is 4.70 Å². The minimum absolute atomic E-state index is 0. The van der Waals surface area contributed by atoms with Crippen molar-refractivity contribution in [1.82, 2.24) is 19.1 Å². The Labute approximate surface area is 333 Å². The van der Waals surface area contributed by atoms with Gasteiger partial charge in [0.25, 0.3) is 0 Å². The lowest BCUT2D eigenvalue weighted by molar-refractivity contribution is 0.299. The van der Waals surface area contributed by atoms with E-state index in [0.717, 1.165) is 38.8 Å². The highest BCUT2D eigenvalue weighted by molar-refractivity contribution is 9.10. The van der Waals surface area contributed by atoms with Gasteiger partial charge in [-0.25, -0.2) is 26.8 Å². The second-order valence-corrected chi connectivity index (χ2v) is 17.5. The van der Waals surface area contributed by atoms with Gasteiger partial charge in [-0.15, -0.1) is 0 Å². The van der Waals surface area contributed by atoms with Crippen LogP contribution >= 0.6 is 15.9 Å². The van der Waals surface area contributed by atoms with Gasteiger partial charge in [0.15, 0.2) is 0 Å². The fourth-order valence-corrected chi connectivity index (χ4v) is 9.07. The maximum atomic E-state index is 12.9. The molecule has 14 heteroatoms. The van der Waals surface area contributed by atoms with E-state index in [9.17, 15) is 21.9 Å². The van der Waals surface area contributed by atoms with Crippen LogP contribution in [-0.2, 0) is 46.6 Å². The van der Waals surface area contributed by atoms with E-state index >= 15 is 0 Å². The number of aliphatic hydroxyl groups is 2. The highest BCUT2D eigenvalue weighted by Gasteiger charge is 2.25. The number of aromatic nitrogens is 4. The number of hydrogen-bond acceptors (Lipinski definition) is 8. The van der Waals surface area contributed by atoms with Gasteiger partial charge in [0.05, 0.1) is 21.7 Å². The fourth-order valence-electron chi connectivity index (χ4n) is 5.62. The number of halogens is 2. The fraction of sp³-hybridized carbons (Fsp3) is 0.268. The first-order chi connectivity index (χ1) is 25.5. The molecule has 55 heavy (non-hydrogen) atoms. The molecule has 2 N–H and O–H groups in total. The molecule has 0 saturated heterocycles. The number of rotatable bonds is 9. The molecule has 6 rings (SSSR count). The summed E-state index contributed by atoms with van der Waals surface area (Å²) in [4.78, 5) is 8.63. The van der Waals surface area contributed by atoms with Crippen LogP contribution in [-0.4, -0.2) is 59.4 Å². The number of imidazole rings is 2. The van der Waals surface area contributed by atoms with Crippen LogP contribution in [0.4, 0.5) is 4.70 Å². The topological polar surface area (TPSA) is 144 Å². The molecule has 296 valence electrons. The van der Waals surface area contributed by atoms with Crippen LogP contribution in [0.5, 0.6) is 0 Å². The Morgan fingerprint density at radius 2 is 1.04 bits per heavy atom. The zero-order valence-corrected chi connectivity index (χ0v) is 35.2. The predicted molar refractivity (Wildman–Crippen MR) is 220 cm³/mol. The van der Waals surface area contributed by atoms with Gasteiger partial charge in [0, 0.05) is 50.7 Å². The number of benzene rings is 4. The molecular weight excluding hydrogens is 808 g/mol. The summed E-state index contributed by atoms with van der Waals surface area (Å²) in [6, 6.07) is 24.9. The standard InChI is InChI=1S/C20H22N2O3S.C11H12N2O2S.C10H13BrO.FH.H2/c1-14-11-16(9-10-23)18(12-15(14)2)19-13-21-20(22(19)3)26(24,25)17-7-5-4-6-8-17;1-9-8-12-11(13(9)2)16(14,15)10-6-4-3-5-7-10;1-7-5-9(3-4-12)10(11)6-8(7)2;;/h4-8,11-13,23H,9-10H2,1-3H3;3-8H,1-2H3;5-6,12H,3-4H2,1-2H3;2*1H/i;;;;1+1. The number of sulfone groups is 2. The average Bonchev–Trinajstić information content (AvgIpc) is 3.71. The average molecular weight is 859 g/mol. The van der Waals surface area contributed by atoms with Crippen molar-refractivity contribution in [2.24, 2.45) is 14.1 Å². The first-order valence-corrected chi connectivity index (χ1v) is 21.0. The van der Waals surface area contributed by atoms with E-state index in [1.807, 2.05) is 32.9 Å². The largest absolute Gasteiger partial charge is 0.396 e. The quantitative estimate of drug-likeness (QED) is 0.151. The molecule has 0 bridgehead atoms. The molecule has 10 nitrogen and oxygen atoms in total. The Balaban J connectivity index is 0.000000310. The van der Waals surface area contributed by atoms with Crippen LogP contribution in [0, 0.1) is 34.6 Å². The van der Waals surface area contributed by atoms with Crippen molar-refractivity contribution in [3.05, 3.63) is 141 Å². The summed E-state index contributed by atoms with van der Waals surface area (Å²) in [5.74, 6) is 0. The van der Waals surface area contributed by atoms with E-state index in [2.05, 4.69) is 51.9 Å². The van der Waals surface area contributed by atoms with Crippen LogP contribution < -0.4 is 0 Å². The van der Waals surface area contributed by atoms with Crippen LogP contribution in [0.3, 0.4) is 0 Å². The van der Waals surface area contributed by atoms with E-state index < -0.39 is 19.7 Å². The molecule has 0 atom stereocenters. The van der Waals surface area contributed by atoms with E-state index in [0.29, 0.717) is 12.1 Å². The van der Waals surface area contributed by atoms with Crippen molar-refractivity contribution in [2.45, 2.75) is 67.6 Å². The van der Waals surface area contributed by atoms with Gasteiger partial charge in [0.1, 0.15) is 0 Å². The van der Waals surface area contributed by atoms with Crippen molar-refractivity contribution in [2.75, 3.05) is 13.2 Å². The van der Waals surface area contributed by atoms with Crippen LogP contribution in [0.25, 0.3) is 11.3 Å². The smallest absolute Gasteiger partial charge is 0.240 e. The van der Waals surface area contributed by atoms with Crippen molar-refractivity contribution in [3.8, 4) is 11.3 Å². The zero-order valence-electron chi connectivity index (χ0n) is 32.0. The second-order valence-electron chi connectivity index (χ2n) is 12.9. The lowest BCUT2D eigenvalue weighted by Gasteiger charge is -2.13. The highest BCUT2D eigenvalue weighted by atomic mass is 79.9. The van der Waals surface area contributed by atoms with Gasteiger partial charge in [-0.05, 0) is 117 Å². The zero-order chi connectivity index (χ0) is 39.8. The predicted octanol–water partition coefficient (Wildman–Crippen LogP) is 7.63. The van der Waals surface area contributed by atoms with Gasteiger partial charge in [-0.1, -0.05) is 64.5 Å². The van der Waals surface area contributed by atoms with Crippen molar-refractivity contribution >= 4 is 35.6 Å². The minimum Gasteiger partial charge on any atom is -0.396 e. The third kappa shape index (κ3) is 10.4. The summed E-state index contributed by atoms with van der Waals surface area (Å²) >= 11 is 3.47. The lowest BCUT2D eigenvalue weighted by atomic mass is 9.96. The van der Waals surface area contributed by atoms with Crippen molar-refractivity contribution in [3.63, 3.8) is 0 Å². The molecule has 0 fully saturated rings. The molecule has 0 aliphatic heterocycles.